The highest BCUT2D eigenvalue weighted by Crippen LogP contribution is 2.31. The predicted molar refractivity (Wildman–Crippen MR) is 71.8 cm³/mol. The summed E-state index contributed by atoms with van der Waals surface area (Å²) in [7, 11) is 0. The summed E-state index contributed by atoms with van der Waals surface area (Å²) in [5, 5.41) is 0. The van der Waals surface area contributed by atoms with E-state index in [0.29, 0.717) is 24.7 Å². The van der Waals surface area contributed by atoms with Crippen LogP contribution in [0.3, 0.4) is 0 Å². The molecule has 0 N–H and O–H groups in total. The molecule has 3 nitrogen and oxygen atoms in total. The SMILES string of the molecule is CC1CCN=C(C2C(=O)CC(C(C)C)CC2=O)C1. The third kappa shape index (κ3) is 2.70. The van der Waals surface area contributed by atoms with E-state index in [1.165, 1.54) is 0 Å². The molecule has 18 heavy (non-hydrogen) atoms. The van der Waals surface area contributed by atoms with E-state index < -0.39 is 5.92 Å². The van der Waals surface area contributed by atoms with E-state index in [1.807, 2.05) is 0 Å². The molecule has 0 bridgehead atoms. The lowest BCUT2D eigenvalue weighted by Gasteiger charge is -2.31. The van der Waals surface area contributed by atoms with Gasteiger partial charge in [0.1, 0.15) is 17.5 Å². The Bertz CT molecular complexity index is 366. The summed E-state index contributed by atoms with van der Waals surface area (Å²) in [4.78, 5) is 28.9. The van der Waals surface area contributed by atoms with Crippen molar-refractivity contribution in [2.45, 2.75) is 46.5 Å². The minimum atomic E-state index is -0.497. The van der Waals surface area contributed by atoms with Crippen molar-refractivity contribution in [3.63, 3.8) is 0 Å². The van der Waals surface area contributed by atoms with E-state index >= 15 is 0 Å². The molecule has 0 aromatic rings. The van der Waals surface area contributed by atoms with Crippen molar-refractivity contribution in [1.29, 1.82) is 0 Å². The van der Waals surface area contributed by atoms with Gasteiger partial charge in [0.25, 0.3) is 0 Å². The smallest absolute Gasteiger partial charge is 0.149 e. The Morgan fingerprint density at radius 1 is 1.11 bits per heavy atom. The first-order valence-electron chi connectivity index (χ1n) is 7.07. The van der Waals surface area contributed by atoms with Gasteiger partial charge in [0.15, 0.2) is 0 Å². The van der Waals surface area contributed by atoms with Crippen LogP contribution < -0.4 is 0 Å². The molecule has 1 heterocycles. The maximum atomic E-state index is 12.2. The van der Waals surface area contributed by atoms with Crippen LogP contribution in [0.1, 0.15) is 46.5 Å². The molecule has 2 rings (SSSR count). The minimum absolute atomic E-state index is 0.109. The van der Waals surface area contributed by atoms with Crippen molar-refractivity contribution in [2.75, 3.05) is 6.54 Å². The summed E-state index contributed by atoms with van der Waals surface area (Å²) in [6.07, 6.45) is 3.02. The second-order valence-electron chi connectivity index (χ2n) is 6.25. The number of carbonyl (C=O) groups is 2. The molecule has 2 aliphatic rings. The second-order valence-corrected chi connectivity index (χ2v) is 6.25. The third-order valence-electron chi connectivity index (χ3n) is 4.34. The van der Waals surface area contributed by atoms with Crippen LogP contribution in [0.15, 0.2) is 4.99 Å². The quantitative estimate of drug-likeness (QED) is 0.706. The van der Waals surface area contributed by atoms with Crippen LogP contribution in [0, 0.1) is 23.7 Å². The highest BCUT2D eigenvalue weighted by atomic mass is 16.2. The normalized spacial score (nSPS) is 33.8. The van der Waals surface area contributed by atoms with Crippen LogP contribution >= 0.6 is 0 Å². The first-order chi connectivity index (χ1) is 8.49. The Morgan fingerprint density at radius 3 is 2.22 bits per heavy atom. The average molecular weight is 249 g/mol. The van der Waals surface area contributed by atoms with E-state index in [9.17, 15) is 9.59 Å². The monoisotopic (exact) mass is 249 g/mol. The van der Waals surface area contributed by atoms with Gasteiger partial charge < -0.3 is 0 Å². The number of carbonyl (C=O) groups excluding carboxylic acids is 2. The van der Waals surface area contributed by atoms with Crippen LogP contribution in [-0.4, -0.2) is 23.8 Å². The Balaban J connectivity index is 2.13. The van der Waals surface area contributed by atoms with Gasteiger partial charge in [-0.3, -0.25) is 14.6 Å². The van der Waals surface area contributed by atoms with Crippen LogP contribution in [0.5, 0.6) is 0 Å². The van der Waals surface area contributed by atoms with Crippen LogP contribution in [-0.2, 0) is 9.59 Å². The number of hydrogen-bond donors (Lipinski definition) is 0. The zero-order valence-corrected chi connectivity index (χ0v) is 11.6. The van der Waals surface area contributed by atoms with Crippen LogP contribution in [0.2, 0.25) is 0 Å². The standard InChI is InChI=1S/C15H23NO2/c1-9(2)11-7-13(17)15(14(18)8-11)12-6-10(3)4-5-16-12/h9-11,15H,4-8H2,1-3H3. The Morgan fingerprint density at radius 2 is 1.72 bits per heavy atom. The molecule has 0 aromatic heterocycles. The fraction of sp³-hybridized carbons (Fsp3) is 0.800. The lowest BCUT2D eigenvalue weighted by Crippen LogP contribution is -2.41. The largest absolute Gasteiger partial charge is 0.298 e. The molecule has 1 aliphatic carbocycles. The number of rotatable bonds is 2. The minimum Gasteiger partial charge on any atom is -0.298 e. The van der Waals surface area contributed by atoms with Crippen molar-refractivity contribution in [3.05, 3.63) is 0 Å². The van der Waals surface area contributed by atoms with Gasteiger partial charge >= 0.3 is 0 Å². The summed E-state index contributed by atoms with van der Waals surface area (Å²) in [5.74, 6) is 0.924. The molecule has 100 valence electrons. The summed E-state index contributed by atoms with van der Waals surface area (Å²) < 4.78 is 0. The molecule has 1 fully saturated rings. The first-order valence-corrected chi connectivity index (χ1v) is 7.07. The van der Waals surface area contributed by atoms with E-state index in [4.69, 9.17) is 0 Å². The predicted octanol–water partition coefficient (Wildman–Crippen LogP) is 2.68. The van der Waals surface area contributed by atoms with Crippen molar-refractivity contribution >= 4 is 17.3 Å². The number of Topliss-reactive ketones (excluding diaryl/α,β-unsaturated/α-hetero) is 2. The Hall–Kier alpha value is -0.990. The summed E-state index contributed by atoms with van der Waals surface area (Å²) in [5.41, 5.74) is 0.867. The van der Waals surface area contributed by atoms with E-state index in [1.54, 1.807) is 0 Å². The van der Waals surface area contributed by atoms with E-state index in [0.717, 1.165) is 25.1 Å². The molecule has 0 radical (unpaired) electrons. The molecule has 3 heteroatoms. The number of ketones is 2. The summed E-state index contributed by atoms with van der Waals surface area (Å²) in [6.45, 7) is 7.13. The van der Waals surface area contributed by atoms with Gasteiger partial charge in [-0.2, -0.15) is 0 Å². The maximum Gasteiger partial charge on any atom is 0.149 e. The lowest BCUT2D eigenvalue weighted by molar-refractivity contribution is -0.135. The highest BCUT2D eigenvalue weighted by Gasteiger charge is 2.39. The molecule has 1 atom stereocenters. The molecule has 1 aliphatic heterocycles. The Kier molecular flexibility index (Phi) is 3.98. The third-order valence-corrected chi connectivity index (χ3v) is 4.34. The fourth-order valence-corrected chi connectivity index (χ4v) is 3.01. The molecule has 0 saturated heterocycles. The van der Waals surface area contributed by atoms with Crippen molar-refractivity contribution in [3.8, 4) is 0 Å². The molecule has 1 unspecified atom stereocenters. The van der Waals surface area contributed by atoms with Crippen molar-refractivity contribution < 1.29 is 9.59 Å². The van der Waals surface area contributed by atoms with Crippen molar-refractivity contribution in [2.24, 2.45) is 28.7 Å². The molecule has 0 spiro atoms. The molecular weight excluding hydrogens is 226 g/mol. The maximum absolute atomic E-state index is 12.2. The molecule has 1 saturated carbocycles. The summed E-state index contributed by atoms with van der Waals surface area (Å²) in [6, 6.07) is 0. The van der Waals surface area contributed by atoms with Gasteiger partial charge in [0, 0.05) is 25.1 Å². The highest BCUT2D eigenvalue weighted by molar-refractivity contribution is 6.22. The van der Waals surface area contributed by atoms with Gasteiger partial charge in [-0.05, 0) is 30.6 Å². The van der Waals surface area contributed by atoms with Crippen molar-refractivity contribution in [1.82, 2.24) is 0 Å². The average Bonchev–Trinajstić information content (AvgIpc) is 2.27. The van der Waals surface area contributed by atoms with Crippen LogP contribution in [0.25, 0.3) is 0 Å². The Labute approximate surface area is 109 Å². The van der Waals surface area contributed by atoms with Gasteiger partial charge in [0.05, 0.1) is 0 Å². The van der Waals surface area contributed by atoms with Gasteiger partial charge in [-0.1, -0.05) is 20.8 Å². The molecule has 0 aromatic carbocycles. The number of hydrogen-bond acceptors (Lipinski definition) is 3. The molecular formula is C15H23NO2. The van der Waals surface area contributed by atoms with E-state index in [-0.39, 0.29) is 17.5 Å². The second kappa shape index (κ2) is 5.33. The van der Waals surface area contributed by atoms with Gasteiger partial charge in [-0.15, -0.1) is 0 Å². The molecule has 0 amide bonds. The van der Waals surface area contributed by atoms with E-state index in [2.05, 4.69) is 25.8 Å². The van der Waals surface area contributed by atoms with Crippen LogP contribution in [0.4, 0.5) is 0 Å². The number of nitrogens with zero attached hydrogens (tertiary/aromatic N) is 1. The number of aliphatic imine (C=N–C) groups is 1. The van der Waals surface area contributed by atoms with Gasteiger partial charge in [0.2, 0.25) is 0 Å². The fourth-order valence-electron chi connectivity index (χ4n) is 3.01. The lowest BCUT2D eigenvalue weighted by atomic mass is 9.72. The zero-order valence-electron chi connectivity index (χ0n) is 11.6. The topological polar surface area (TPSA) is 46.5 Å². The summed E-state index contributed by atoms with van der Waals surface area (Å²) >= 11 is 0. The first kappa shape index (κ1) is 13.4. The zero-order chi connectivity index (χ0) is 13.3. The van der Waals surface area contributed by atoms with Gasteiger partial charge in [-0.25, -0.2) is 0 Å².